The van der Waals surface area contributed by atoms with Crippen LogP contribution in [0.3, 0.4) is 0 Å². The van der Waals surface area contributed by atoms with Gasteiger partial charge in [0.2, 0.25) is 0 Å². The molecule has 0 aromatic heterocycles. The van der Waals surface area contributed by atoms with Crippen molar-refractivity contribution in [1.29, 1.82) is 0 Å². The normalized spacial score (nSPS) is 11.9. The number of carboxylic acids is 1. The summed E-state index contributed by atoms with van der Waals surface area (Å²) in [4.78, 5) is 10.6. The lowest BCUT2D eigenvalue weighted by atomic mass is 10.2. The van der Waals surface area contributed by atoms with Crippen LogP contribution >= 0.6 is 11.8 Å². The number of hydrogen-bond donors (Lipinski definition) is 2. The van der Waals surface area contributed by atoms with Crippen molar-refractivity contribution >= 4 is 17.7 Å². The summed E-state index contributed by atoms with van der Waals surface area (Å²) in [6.07, 6.45) is 0.466. The number of methoxy groups -OCH3 is 2. The van der Waals surface area contributed by atoms with E-state index < -0.39 is 12.0 Å². The van der Waals surface area contributed by atoms with Gasteiger partial charge in [-0.3, -0.25) is 4.79 Å². The van der Waals surface area contributed by atoms with Gasteiger partial charge in [0.05, 0.1) is 14.2 Å². The van der Waals surface area contributed by atoms with Gasteiger partial charge in [-0.2, -0.15) is 11.8 Å². The highest BCUT2D eigenvalue weighted by atomic mass is 32.2. The lowest BCUT2D eigenvalue weighted by molar-refractivity contribution is -0.138. The minimum Gasteiger partial charge on any atom is -0.493 e. The zero-order valence-electron chi connectivity index (χ0n) is 11.1. The molecule has 0 radical (unpaired) electrons. The smallest absolute Gasteiger partial charge is 0.320 e. The number of benzene rings is 1. The van der Waals surface area contributed by atoms with Crippen LogP contribution in [0.25, 0.3) is 0 Å². The first-order valence-electron chi connectivity index (χ1n) is 5.85. The standard InChI is InChI=1S/C13H19NO4S/c1-17-11-4-3-9(7-12(11)18-2)8-19-6-5-10(14)13(15)16/h3-4,7,10H,5-6,8,14H2,1-2H3,(H,15,16). The van der Waals surface area contributed by atoms with E-state index in [0.717, 1.165) is 11.3 Å². The van der Waals surface area contributed by atoms with E-state index >= 15 is 0 Å². The fraction of sp³-hybridized carbons (Fsp3) is 0.462. The van der Waals surface area contributed by atoms with Gasteiger partial charge in [0.15, 0.2) is 11.5 Å². The molecule has 1 aromatic rings. The van der Waals surface area contributed by atoms with E-state index in [1.165, 1.54) is 0 Å². The zero-order valence-corrected chi connectivity index (χ0v) is 11.9. The Morgan fingerprint density at radius 1 is 1.37 bits per heavy atom. The Balaban J connectivity index is 2.43. The quantitative estimate of drug-likeness (QED) is 0.708. The van der Waals surface area contributed by atoms with Crippen LogP contribution in [0.4, 0.5) is 0 Å². The van der Waals surface area contributed by atoms with Gasteiger partial charge in [-0.15, -0.1) is 0 Å². The molecule has 0 bridgehead atoms. The molecule has 1 rings (SSSR count). The minimum absolute atomic E-state index is 0.466. The number of ether oxygens (including phenoxy) is 2. The van der Waals surface area contributed by atoms with Crippen molar-refractivity contribution in [2.75, 3.05) is 20.0 Å². The number of nitrogens with two attached hydrogens (primary N) is 1. The van der Waals surface area contributed by atoms with Gasteiger partial charge < -0.3 is 20.3 Å². The predicted octanol–water partition coefficient (Wildman–Crippen LogP) is 1.74. The van der Waals surface area contributed by atoms with Crippen LogP contribution in [0, 0.1) is 0 Å². The summed E-state index contributed by atoms with van der Waals surface area (Å²) in [5.74, 6) is 1.94. The molecule has 1 aromatic carbocycles. The third-order valence-electron chi connectivity index (χ3n) is 2.61. The van der Waals surface area contributed by atoms with Crippen LogP contribution in [-0.2, 0) is 10.5 Å². The summed E-state index contributed by atoms with van der Waals surface area (Å²) in [5, 5.41) is 8.66. The number of carboxylic acid groups (broad SMARTS) is 1. The lowest BCUT2D eigenvalue weighted by Crippen LogP contribution is -2.30. The van der Waals surface area contributed by atoms with Crippen molar-refractivity contribution in [1.82, 2.24) is 0 Å². The van der Waals surface area contributed by atoms with Crippen molar-refractivity contribution < 1.29 is 19.4 Å². The summed E-state index contributed by atoms with van der Waals surface area (Å²) < 4.78 is 10.4. The molecule has 0 saturated carbocycles. The lowest BCUT2D eigenvalue weighted by Gasteiger charge is -2.10. The maximum absolute atomic E-state index is 10.6. The van der Waals surface area contributed by atoms with Crippen molar-refractivity contribution in [3.63, 3.8) is 0 Å². The topological polar surface area (TPSA) is 81.8 Å². The Kier molecular flexibility index (Phi) is 6.52. The van der Waals surface area contributed by atoms with E-state index in [4.69, 9.17) is 20.3 Å². The summed E-state index contributed by atoms with van der Waals surface area (Å²) in [5.41, 5.74) is 6.53. The van der Waals surface area contributed by atoms with Crippen molar-refractivity contribution in [3.8, 4) is 11.5 Å². The molecule has 106 valence electrons. The Hall–Kier alpha value is -1.40. The van der Waals surface area contributed by atoms with Gasteiger partial charge in [-0.25, -0.2) is 0 Å². The molecule has 0 spiro atoms. The van der Waals surface area contributed by atoms with Gasteiger partial charge in [-0.05, 0) is 29.9 Å². The second-order valence-electron chi connectivity index (χ2n) is 3.98. The van der Waals surface area contributed by atoms with Crippen molar-refractivity contribution in [2.24, 2.45) is 5.73 Å². The molecule has 6 heteroatoms. The van der Waals surface area contributed by atoms with Crippen molar-refractivity contribution in [3.05, 3.63) is 23.8 Å². The van der Waals surface area contributed by atoms with Gasteiger partial charge in [-0.1, -0.05) is 6.07 Å². The number of hydrogen-bond acceptors (Lipinski definition) is 5. The fourth-order valence-electron chi connectivity index (χ4n) is 1.49. The maximum atomic E-state index is 10.6. The molecule has 1 unspecified atom stereocenters. The highest BCUT2D eigenvalue weighted by Gasteiger charge is 2.10. The zero-order chi connectivity index (χ0) is 14.3. The molecule has 0 heterocycles. The van der Waals surface area contributed by atoms with Gasteiger partial charge >= 0.3 is 5.97 Å². The van der Waals surface area contributed by atoms with Crippen LogP contribution in [0.1, 0.15) is 12.0 Å². The van der Waals surface area contributed by atoms with Crippen molar-refractivity contribution in [2.45, 2.75) is 18.2 Å². The van der Waals surface area contributed by atoms with E-state index in [1.54, 1.807) is 26.0 Å². The average Bonchev–Trinajstić information content (AvgIpc) is 2.42. The second-order valence-corrected chi connectivity index (χ2v) is 5.08. The first-order chi connectivity index (χ1) is 9.08. The highest BCUT2D eigenvalue weighted by molar-refractivity contribution is 7.98. The first-order valence-corrected chi connectivity index (χ1v) is 7.01. The average molecular weight is 285 g/mol. The molecule has 0 fully saturated rings. The fourth-order valence-corrected chi connectivity index (χ4v) is 2.47. The summed E-state index contributed by atoms with van der Waals surface area (Å²) in [7, 11) is 3.19. The molecule has 5 nitrogen and oxygen atoms in total. The minimum atomic E-state index is -0.952. The van der Waals surface area contributed by atoms with Gasteiger partial charge in [0, 0.05) is 5.75 Å². The molecular formula is C13H19NO4S. The summed E-state index contributed by atoms with van der Waals surface area (Å²) in [6, 6.07) is 4.96. The molecular weight excluding hydrogens is 266 g/mol. The van der Waals surface area contributed by atoms with E-state index in [0.29, 0.717) is 23.7 Å². The van der Waals surface area contributed by atoms with Crippen LogP contribution in [0.5, 0.6) is 11.5 Å². The molecule has 19 heavy (non-hydrogen) atoms. The Morgan fingerprint density at radius 2 is 2.05 bits per heavy atom. The molecule has 1 atom stereocenters. The van der Waals surface area contributed by atoms with E-state index in [-0.39, 0.29) is 0 Å². The molecule has 0 aliphatic heterocycles. The Labute approximate surface area is 117 Å². The Morgan fingerprint density at radius 3 is 2.63 bits per heavy atom. The van der Waals surface area contributed by atoms with Crippen LogP contribution < -0.4 is 15.2 Å². The summed E-state index contributed by atoms with van der Waals surface area (Å²) in [6.45, 7) is 0. The van der Waals surface area contributed by atoms with Crippen LogP contribution in [-0.4, -0.2) is 37.1 Å². The molecule has 0 saturated heterocycles. The SMILES string of the molecule is COc1ccc(CSCCC(N)C(=O)O)cc1OC. The van der Waals surface area contributed by atoms with E-state index in [9.17, 15) is 4.79 Å². The molecule has 0 amide bonds. The number of thioether (sulfide) groups is 1. The molecule has 0 aliphatic carbocycles. The largest absolute Gasteiger partial charge is 0.493 e. The number of aliphatic carboxylic acids is 1. The molecule has 0 aliphatic rings. The number of carbonyl (C=O) groups is 1. The first kappa shape index (κ1) is 15.7. The second kappa shape index (κ2) is 7.91. The van der Waals surface area contributed by atoms with E-state index in [1.807, 2.05) is 18.2 Å². The third-order valence-corrected chi connectivity index (χ3v) is 3.67. The highest BCUT2D eigenvalue weighted by Crippen LogP contribution is 2.29. The molecule has 3 N–H and O–H groups in total. The van der Waals surface area contributed by atoms with Gasteiger partial charge in [0.25, 0.3) is 0 Å². The number of rotatable bonds is 8. The van der Waals surface area contributed by atoms with E-state index in [2.05, 4.69) is 0 Å². The van der Waals surface area contributed by atoms with Gasteiger partial charge in [0.1, 0.15) is 6.04 Å². The monoisotopic (exact) mass is 285 g/mol. The van der Waals surface area contributed by atoms with Crippen LogP contribution in [0.2, 0.25) is 0 Å². The Bertz CT molecular complexity index is 425. The maximum Gasteiger partial charge on any atom is 0.320 e. The van der Waals surface area contributed by atoms with Crippen LogP contribution in [0.15, 0.2) is 18.2 Å². The third kappa shape index (κ3) is 5.00. The predicted molar refractivity (Wildman–Crippen MR) is 75.9 cm³/mol. The summed E-state index contributed by atoms with van der Waals surface area (Å²) >= 11 is 1.65.